The van der Waals surface area contributed by atoms with Gasteiger partial charge in [0.05, 0.1) is 22.3 Å². The third kappa shape index (κ3) is 2.99. The van der Waals surface area contributed by atoms with Crippen molar-refractivity contribution in [3.8, 4) is 11.5 Å². The second-order valence-electron chi connectivity index (χ2n) is 7.04. The minimum absolute atomic E-state index is 0.295. The van der Waals surface area contributed by atoms with E-state index in [2.05, 4.69) is 0 Å². The SMILES string of the molecule is CCCN1C(=O)c2ccc(Oc3ccc4c(c3)C(=O)N(CCC)C4=O)cc2C1=O. The second-order valence-corrected chi connectivity index (χ2v) is 7.04. The smallest absolute Gasteiger partial charge is 0.261 e. The predicted molar refractivity (Wildman–Crippen MR) is 104 cm³/mol. The van der Waals surface area contributed by atoms with Gasteiger partial charge in [-0.3, -0.25) is 29.0 Å². The number of nitrogens with zero attached hydrogens (tertiary/aromatic N) is 2. The van der Waals surface area contributed by atoms with E-state index in [-0.39, 0.29) is 23.6 Å². The van der Waals surface area contributed by atoms with Crippen LogP contribution in [-0.4, -0.2) is 46.5 Å². The average Bonchev–Trinajstić information content (AvgIpc) is 3.09. The van der Waals surface area contributed by atoms with Crippen LogP contribution in [0.3, 0.4) is 0 Å². The van der Waals surface area contributed by atoms with Gasteiger partial charge in [0.2, 0.25) is 0 Å². The van der Waals surface area contributed by atoms with Crippen LogP contribution in [0.1, 0.15) is 68.1 Å². The maximum atomic E-state index is 12.5. The Morgan fingerprint density at radius 3 is 1.38 bits per heavy atom. The lowest BCUT2D eigenvalue weighted by Crippen LogP contribution is -2.30. The van der Waals surface area contributed by atoms with Crippen molar-refractivity contribution in [2.75, 3.05) is 13.1 Å². The molecule has 0 aromatic heterocycles. The van der Waals surface area contributed by atoms with Crippen LogP contribution in [0, 0.1) is 0 Å². The molecule has 2 aliphatic rings. The van der Waals surface area contributed by atoms with Crippen LogP contribution in [0.15, 0.2) is 36.4 Å². The highest BCUT2D eigenvalue weighted by atomic mass is 16.5. The zero-order valence-corrected chi connectivity index (χ0v) is 16.2. The van der Waals surface area contributed by atoms with Crippen molar-refractivity contribution in [3.63, 3.8) is 0 Å². The molecule has 2 aliphatic heterocycles. The standard InChI is InChI=1S/C22H20N2O5/c1-3-9-23-19(25)15-7-5-13(11-17(15)21(23)27)29-14-6-8-16-18(12-14)22(28)24(10-4-2)20(16)26/h5-8,11-12H,3-4,9-10H2,1-2H3. The Hall–Kier alpha value is -3.48. The molecular weight excluding hydrogens is 372 g/mol. The van der Waals surface area contributed by atoms with Gasteiger partial charge in [0.25, 0.3) is 23.6 Å². The van der Waals surface area contributed by atoms with E-state index in [1.54, 1.807) is 24.3 Å². The summed E-state index contributed by atoms with van der Waals surface area (Å²) in [6.45, 7) is 4.55. The van der Waals surface area contributed by atoms with E-state index in [4.69, 9.17) is 4.74 Å². The van der Waals surface area contributed by atoms with Gasteiger partial charge >= 0.3 is 0 Å². The van der Waals surface area contributed by atoms with Crippen LogP contribution in [-0.2, 0) is 0 Å². The molecule has 7 nitrogen and oxygen atoms in total. The summed E-state index contributed by atoms with van der Waals surface area (Å²) >= 11 is 0. The lowest BCUT2D eigenvalue weighted by molar-refractivity contribution is 0.0639. The normalized spacial score (nSPS) is 15.2. The van der Waals surface area contributed by atoms with Crippen LogP contribution in [0.4, 0.5) is 0 Å². The third-order valence-electron chi connectivity index (χ3n) is 5.01. The summed E-state index contributed by atoms with van der Waals surface area (Å²) in [5, 5.41) is 0. The van der Waals surface area contributed by atoms with E-state index in [0.717, 1.165) is 0 Å². The minimum Gasteiger partial charge on any atom is -0.457 e. The molecule has 0 aliphatic carbocycles. The molecule has 0 saturated heterocycles. The number of hydrogen-bond acceptors (Lipinski definition) is 5. The second kappa shape index (κ2) is 7.16. The van der Waals surface area contributed by atoms with Crippen LogP contribution < -0.4 is 4.74 Å². The highest BCUT2D eigenvalue weighted by molar-refractivity contribution is 6.22. The van der Waals surface area contributed by atoms with Gasteiger partial charge in [0, 0.05) is 13.1 Å². The van der Waals surface area contributed by atoms with Gasteiger partial charge in [-0.2, -0.15) is 0 Å². The van der Waals surface area contributed by atoms with Crippen LogP contribution in [0.25, 0.3) is 0 Å². The van der Waals surface area contributed by atoms with Gasteiger partial charge in [-0.05, 0) is 49.2 Å². The zero-order valence-electron chi connectivity index (χ0n) is 16.2. The molecule has 0 bridgehead atoms. The topological polar surface area (TPSA) is 84.0 Å². The van der Waals surface area contributed by atoms with Crippen molar-refractivity contribution in [2.45, 2.75) is 26.7 Å². The van der Waals surface area contributed by atoms with Crippen LogP contribution in [0.2, 0.25) is 0 Å². The van der Waals surface area contributed by atoms with Crippen molar-refractivity contribution in [3.05, 3.63) is 58.7 Å². The molecule has 0 spiro atoms. The first-order valence-electron chi connectivity index (χ1n) is 9.64. The Morgan fingerprint density at radius 1 is 0.621 bits per heavy atom. The Balaban J connectivity index is 1.60. The highest BCUT2D eigenvalue weighted by Gasteiger charge is 2.36. The van der Waals surface area contributed by atoms with E-state index >= 15 is 0 Å². The van der Waals surface area contributed by atoms with Gasteiger partial charge in [0.1, 0.15) is 11.5 Å². The summed E-state index contributed by atoms with van der Waals surface area (Å²) < 4.78 is 5.82. The molecule has 4 amide bonds. The number of amides is 4. The molecule has 4 rings (SSSR count). The Kier molecular flexibility index (Phi) is 4.66. The highest BCUT2D eigenvalue weighted by Crippen LogP contribution is 2.32. The number of rotatable bonds is 6. The van der Waals surface area contributed by atoms with E-state index < -0.39 is 0 Å². The molecule has 29 heavy (non-hydrogen) atoms. The monoisotopic (exact) mass is 392 g/mol. The largest absolute Gasteiger partial charge is 0.457 e. The molecule has 2 heterocycles. The molecule has 0 atom stereocenters. The lowest BCUT2D eigenvalue weighted by atomic mass is 10.1. The van der Waals surface area contributed by atoms with Gasteiger partial charge in [-0.1, -0.05) is 13.8 Å². The first-order chi connectivity index (χ1) is 14.0. The Labute approximate surface area is 167 Å². The first-order valence-corrected chi connectivity index (χ1v) is 9.64. The number of fused-ring (bicyclic) bond motifs is 2. The summed E-state index contributed by atoms with van der Waals surface area (Å²) in [7, 11) is 0. The van der Waals surface area contributed by atoms with Crippen molar-refractivity contribution < 1.29 is 23.9 Å². The molecule has 0 fully saturated rings. The number of benzene rings is 2. The minimum atomic E-state index is -0.331. The Morgan fingerprint density at radius 2 is 1.00 bits per heavy atom. The molecule has 0 N–H and O–H groups in total. The number of hydrogen-bond donors (Lipinski definition) is 0. The molecule has 0 unspecified atom stereocenters. The van der Waals surface area contributed by atoms with Crippen molar-refractivity contribution in [1.82, 2.24) is 9.80 Å². The number of imide groups is 2. The Bertz CT molecular complexity index is 976. The van der Waals surface area contributed by atoms with E-state index in [9.17, 15) is 19.2 Å². The zero-order chi connectivity index (χ0) is 20.7. The number of carbonyl (C=O) groups is 4. The third-order valence-corrected chi connectivity index (χ3v) is 5.01. The van der Waals surface area contributed by atoms with Crippen molar-refractivity contribution >= 4 is 23.6 Å². The fourth-order valence-electron chi connectivity index (χ4n) is 3.66. The fourth-order valence-corrected chi connectivity index (χ4v) is 3.66. The van der Waals surface area contributed by atoms with Gasteiger partial charge in [-0.15, -0.1) is 0 Å². The molecular formula is C22H20N2O5. The molecule has 2 aromatic rings. The molecule has 7 heteroatoms. The van der Waals surface area contributed by atoms with Crippen molar-refractivity contribution in [2.24, 2.45) is 0 Å². The van der Waals surface area contributed by atoms with E-state index in [1.807, 2.05) is 13.8 Å². The van der Waals surface area contributed by atoms with Gasteiger partial charge in [-0.25, -0.2) is 0 Å². The summed E-state index contributed by atoms with van der Waals surface area (Å²) in [6, 6.07) is 9.45. The maximum absolute atomic E-state index is 12.5. The van der Waals surface area contributed by atoms with Gasteiger partial charge in [0.15, 0.2) is 0 Å². The number of ether oxygens (including phenoxy) is 1. The number of carbonyl (C=O) groups excluding carboxylic acids is 4. The lowest BCUT2D eigenvalue weighted by Gasteiger charge is -2.11. The fraction of sp³-hybridized carbons (Fsp3) is 0.273. The molecule has 0 radical (unpaired) electrons. The average molecular weight is 392 g/mol. The molecule has 148 valence electrons. The maximum Gasteiger partial charge on any atom is 0.261 e. The van der Waals surface area contributed by atoms with Crippen LogP contribution in [0.5, 0.6) is 11.5 Å². The van der Waals surface area contributed by atoms with Crippen molar-refractivity contribution in [1.29, 1.82) is 0 Å². The first kappa shape index (κ1) is 18.9. The van der Waals surface area contributed by atoms with Gasteiger partial charge < -0.3 is 4.74 Å². The summed E-state index contributed by atoms with van der Waals surface area (Å²) in [4.78, 5) is 52.1. The quantitative estimate of drug-likeness (QED) is 0.703. The summed E-state index contributed by atoms with van der Waals surface area (Å²) in [5.74, 6) is -0.493. The summed E-state index contributed by atoms with van der Waals surface area (Å²) in [5.41, 5.74) is 1.34. The van der Waals surface area contributed by atoms with Crippen LogP contribution >= 0.6 is 0 Å². The molecule has 0 saturated carbocycles. The predicted octanol–water partition coefficient (Wildman–Crippen LogP) is 3.49. The summed E-state index contributed by atoms with van der Waals surface area (Å²) in [6.07, 6.45) is 1.37. The van der Waals surface area contributed by atoms with E-state index in [1.165, 1.54) is 21.9 Å². The molecule has 2 aromatic carbocycles. The van der Waals surface area contributed by atoms with E-state index in [0.29, 0.717) is 59.7 Å².